The summed E-state index contributed by atoms with van der Waals surface area (Å²) in [7, 11) is 1.98. The predicted octanol–water partition coefficient (Wildman–Crippen LogP) is 3.73. The van der Waals surface area contributed by atoms with Crippen LogP contribution in [0.5, 0.6) is 0 Å². The van der Waals surface area contributed by atoms with Crippen LogP contribution in [0.4, 0.5) is 5.69 Å². The third-order valence-corrected chi connectivity index (χ3v) is 4.50. The standard InChI is InChI=1S/C17H19BrN2/c1-19-11-13-6-7-17(16(18)10-13)20-9-8-14-4-2-3-5-15(14)12-20/h2-7,10,19H,8-9,11-12H2,1H3. The van der Waals surface area contributed by atoms with Crippen molar-refractivity contribution in [2.24, 2.45) is 0 Å². The quantitative estimate of drug-likeness (QED) is 0.922. The Labute approximate surface area is 128 Å². The molecule has 0 aliphatic carbocycles. The van der Waals surface area contributed by atoms with E-state index in [4.69, 9.17) is 0 Å². The van der Waals surface area contributed by atoms with Gasteiger partial charge < -0.3 is 10.2 Å². The van der Waals surface area contributed by atoms with Gasteiger partial charge in [-0.15, -0.1) is 0 Å². The van der Waals surface area contributed by atoms with Gasteiger partial charge in [-0.3, -0.25) is 0 Å². The van der Waals surface area contributed by atoms with E-state index in [-0.39, 0.29) is 0 Å². The number of anilines is 1. The Balaban J connectivity index is 1.84. The van der Waals surface area contributed by atoms with Gasteiger partial charge in [0.2, 0.25) is 0 Å². The van der Waals surface area contributed by atoms with E-state index < -0.39 is 0 Å². The molecule has 0 fully saturated rings. The molecule has 0 radical (unpaired) electrons. The van der Waals surface area contributed by atoms with Crippen molar-refractivity contribution in [2.45, 2.75) is 19.5 Å². The van der Waals surface area contributed by atoms with Crippen LogP contribution in [0, 0.1) is 0 Å². The van der Waals surface area contributed by atoms with Crippen molar-refractivity contribution in [3.8, 4) is 0 Å². The first kappa shape index (κ1) is 13.7. The van der Waals surface area contributed by atoms with E-state index in [2.05, 4.69) is 68.6 Å². The van der Waals surface area contributed by atoms with Gasteiger partial charge >= 0.3 is 0 Å². The van der Waals surface area contributed by atoms with Gasteiger partial charge in [0, 0.05) is 24.1 Å². The van der Waals surface area contributed by atoms with Gasteiger partial charge in [0.15, 0.2) is 0 Å². The molecule has 2 aromatic rings. The molecule has 0 bridgehead atoms. The van der Waals surface area contributed by atoms with E-state index in [1.54, 1.807) is 0 Å². The Kier molecular flexibility index (Phi) is 4.08. The van der Waals surface area contributed by atoms with Crippen LogP contribution in [0.3, 0.4) is 0 Å². The lowest BCUT2D eigenvalue weighted by molar-refractivity contribution is 0.729. The molecule has 0 spiro atoms. The minimum atomic E-state index is 0.904. The maximum Gasteiger partial charge on any atom is 0.0513 e. The fourth-order valence-electron chi connectivity index (χ4n) is 2.82. The third-order valence-electron chi connectivity index (χ3n) is 3.86. The van der Waals surface area contributed by atoms with Crippen LogP contribution in [-0.4, -0.2) is 13.6 Å². The first-order chi connectivity index (χ1) is 9.78. The van der Waals surface area contributed by atoms with Crippen LogP contribution in [0.25, 0.3) is 0 Å². The number of fused-ring (bicyclic) bond motifs is 1. The number of nitrogens with one attached hydrogen (secondary N) is 1. The number of benzene rings is 2. The van der Waals surface area contributed by atoms with E-state index >= 15 is 0 Å². The SMILES string of the molecule is CNCc1ccc(N2CCc3ccccc3C2)c(Br)c1. The molecule has 0 aromatic heterocycles. The van der Waals surface area contributed by atoms with Gasteiger partial charge in [0.1, 0.15) is 0 Å². The van der Waals surface area contributed by atoms with Crippen LogP contribution in [0.15, 0.2) is 46.9 Å². The Hall–Kier alpha value is -1.32. The smallest absolute Gasteiger partial charge is 0.0513 e. The lowest BCUT2D eigenvalue weighted by atomic mass is 9.99. The lowest BCUT2D eigenvalue weighted by Crippen LogP contribution is -2.30. The lowest BCUT2D eigenvalue weighted by Gasteiger charge is -2.31. The Morgan fingerprint density at radius 1 is 1.15 bits per heavy atom. The van der Waals surface area contributed by atoms with Gasteiger partial charge in [-0.05, 0) is 58.2 Å². The summed E-state index contributed by atoms with van der Waals surface area (Å²) in [6.07, 6.45) is 1.13. The van der Waals surface area contributed by atoms with Gasteiger partial charge in [0.25, 0.3) is 0 Å². The van der Waals surface area contributed by atoms with E-state index in [0.29, 0.717) is 0 Å². The van der Waals surface area contributed by atoms with E-state index in [0.717, 1.165) is 26.1 Å². The van der Waals surface area contributed by atoms with Crippen LogP contribution >= 0.6 is 15.9 Å². The van der Waals surface area contributed by atoms with Crippen molar-refractivity contribution in [1.29, 1.82) is 0 Å². The van der Waals surface area contributed by atoms with Crippen molar-refractivity contribution in [3.63, 3.8) is 0 Å². The summed E-state index contributed by atoms with van der Waals surface area (Å²) >= 11 is 3.72. The molecule has 2 aromatic carbocycles. The highest BCUT2D eigenvalue weighted by Crippen LogP contribution is 2.31. The van der Waals surface area contributed by atoms with Crippen LogP contribution in [0.1, 0.15) is 16.7 Å². The number of halogens is 1. The molecule has 1 aliphatic rings. The molecule has 1 aliphatic heterocycles. The highest BCUT2D eigenvalue weighted by Gasteiger charge is 2.17. The maximum atomic E-state index is 3.72. The Morgan fingerprint density at radius 3 is 2.70 bits per heavy atom. The average molecular weight is 331 g/mol. The molecule has 0 saturated carbocycles. The van der Waals surface area contributed by atoms with Gasteiger partial charge in [0.05, 0.1) is 5.69 Å². The van der Waals surface area contributed by atoms with E-state index in [9.17, 15) is 0 Å². The second kappa shape index (κ2) is 5.98. The highest BCUT2D eigenvalue weighted by molar-refractivity contribution is 9.10. The first-order valence-electron chi connectivity index (χ1n) is 7.02. The molecular weight excluding hydrogens is 312 g/mol. The van der Waals surface area contributed by atoms with E-state index in [1.165, 1.54) is 26.9 Å². The third kappa shape index (κ3) is 2.74. The summed E-state index contributed by atoms with van der Waals surface area (Å²) in [5, 5.41) is 3.19. The van der Waals surface area contributed by atoms with Crippen LogP contribution in [-0.2, 0) is 19.5 Å². The molecule has 0 unspecified atom stereocenters. The molecule has 104 valence electrons. The maximum absolute atomic E-state index is 3.72. The number of hydrogen-bond acceptors (Lipinski definition) is 2. The summed E-state index contributed by atoms with van der Waals surface area (Å²) < 4.78 is 1.18. The number of nitrogens with zero attached hydrogens (tertiary/aromatic N) is 1. The zero-order valence-electron chi connectivity index (χ0n) is 11.7. The van der Waals surface area contributed by atoms with Crippen molar-refractivity contribution in [1.82, 2.24) is 5.32 Å². The Morgan fingerprint density at radius 2 is 1.95 bits per heavy atom. The van der Waals surface area contributed by atoms with E-state index in [1.807, 2.05) is 7.05 Å². The zero-order valence-corrected chi connectivity index (χ0v) is 13.3. The number of hydrogen-bond donors (Lipinski definition) is 1. The fourth-order valence-corrected chi connectivity index (χ4v) is 3.50. The van der Waals surface area contributed by atoms with Crippen molar-refractivity contribution in [2.75, 3.05) is 18.5 Å². The predicted molar refractivity (Wildman–Crippen MR) is 88.1 cm³/mol. The van der Waals surface area contributed by atoms with Crippen molar-refractivity contribution < 1.29 is 0 Å². The second-order valence-electron chi connectivity index (χ2n) is 5.26. The fraction of sp³-hybridized carbons (Fsp3) is 0.294. The molecule has 0 saturated heterocycles. The molecule has 1 N–H and O–H groups in total. The topological polar surface area (TPSA) is 15.3 Å². The molecule has 1 heterocycles. The van der Waals surface area contributed by atoms with Crippen molar-refractivity contribution in [3.05, 3.63) is 63.6 Å². The summed E-state index contributed by atoms with van der Waals surface area (Å²) in [4.78, 5) is 2.45. The molecule has 0 atom stereocenters. The van der Waals surface area contributed by atoms with Crippen LogP contribution in [0.2, 0.25) is 0 Å². The van der Waals surface area contributed by atoms with Gasteiger partial charge in [-0.1, -0.05) is 30.3 Å². The molecule has 3 heteroatoms. The minimum Gasteiger partial charge on any atom is -0.366 e. The molecule has 2 nitrogen and oxygen atoms in total. The summed E-state index contributed by atoms with van der Waals surface area (Å²) in [6, 6.07) is 15.4. The monoisotopic (exact) mass is 330 g/mol. The number of rotatable bonds is 3. The molecule has 20 heavy (non-hydrogen) atoms. The summed E-state index contributed by atoms with van der Waals surface area (Å²) in [5.41, 5.74) is 5.54. The average Bonchev–Trinajstić information content (AvgIpc) is 2.47. The van der Waals surface area contributed by atoms with Gasteiger partial charge in [-0.25, -0.2) is 0 Å². The Bertz CT molecular complexity index is 610. The zero-order chi connectivity index (χ0) is 13.9. The van der Waals surface area contributed by atoms with Crippen molar-refractivity contribution >= 4 is 21.6 Å². The minimum absolute atomic E-state index is 0.904. The normalized spacial score (nSPS) is 14.2. The molecule has 3 rings (SSSR count). The molecular formula is C17H19BrN2. The van der Waals surface area contributed by atoms with Gasteiger partial charge in [-0.2, -0.15) is 0 Å². The highest BCUT2D eigenvalue weighted by atomic mass is 79.9. The largest absolute Gasteiger partial charge is 0.366 e. The summed E-state index contributed by atoms with van der Waals surface area (Å²) in [5.74, 6) is 0. The van der Waals surface area contributed by atoms with Crippen LogP contribution < -0.4 is 10.2 Å². The summed E-state index contributed by atoms with van der Waals surface area (Å²) in [6.45, 7) is 2.99. The molecule has 0 amide bonds. The first-order valence-corrected chi connectivity index (χ1v) is 7.82. The second-order valence-corrected chi connectivity index (χ2v) is 6.11.